The summed E-state index contributed by atoms with van der Waals surface area (Å²) in [5.41, 5.74) is 0.868. The zero-order chi connectivity index (χ0) is 15.5. The first-order chi connectivity index (χ1) is 11.4. The van der Waals surface area contributed by atoms with Gasteiger partial charge in [-0.3, -0.25) is 5.10 Å². The molecule has 1 N–H and O–H groups in total. The van der Waals surface area contributed by atoms with Crippen LogP contribution in [0.5, 0.6) is 0 Å². The van der Waals surface area contributed by atoms with Crippen molar-refractivity contribution in [3.8, 4) is 11.5 Å². The number of nitrogens with zero attached hydrogens (tertiary/aromatic N) is 4. The standard InChI is InChI=1S/C15H21N5O3/c1-4-16-18-13(1)15-17-14(11-2-5-21-6-3-11)19-20(15)9-12-10-22-7-8-23-12/h1,4,11-12H,2-3,5-10H2,(H,16,18)/t12-/m0/s1. The normalized spacial score (nSPS) is 23.2. The molecule has 2 aliphatic rings. The van der Waals surface area contributed by atoms with Crippen molar-refractivity contribution < 1.29 is 14.2 Å². The lowest BCUT2D eigenvalue weighted by atomic mass is 10.00. The molecule has 1 atom stereocenters. The molecule has 23 heavy (non-hydrogen) atoms. The molecule has 0 aromatic carbocycles. The van der Waals surface area contributed by atoms with Crippen molar-refractivity contribution in [2.24, 2.45) is 0 Å². The second-order valence-corrected chi connectivity index (χ2v) is 5.90. The Morgan fingerprint density at radius 3 is 2.83 bits per heavy atom. The second kappa shape index (κ2) is 6.77. The van der Waals surface area contributed by atoms with Gasteiger partial charge in [-0.05, 0) is 18.9 Å². The third-order valence-corrected chi connectivity index (χ3v) is 4.28. The Kier molecular flexibility index (Phi) is 4.36. The van der Waals surface area contributed by atoms with Crippen LogP contribution in [0.1, 0.15) is 24.6 Å². The molecule has 0 spiro atoms. The maximum absolute atomic E-state index is 5.75. The highest BCUT2D eigenvalue weighted by Gasteiger charge is 2.25. The number of H-pyrrole nitrogens is 1. The number of nitrogens with one attached hydrogen (secondary N) is 1. The van der Waals surface area contributed by atoms with E-state index in [-0.39, 0.29) is 6.10 Å². The topological polar surface area (TPSA) is 87.1 Å². The van der Waals surface area contributed by atoms with Gasteiger partial charge in [0.15, 0.2) is 11.6 Å². The van der Waals surface area contributed by atoms with Gasteiger partial charge < -0.3 is 14.2 Å². The van der Waals surface area contributed by atoms with Gasteiger partial charge in [0.2, 0.25) is 0 Å². The molecule has 8 heteroatoms. The van der Waals surface area contributed by atoms with Gasteiger partial charge in [0.05, 0.1) is 26.4 Å². The quantitative estimate of drug-likeness (QED) is 0.904. The summed E-state index contributed by atoms with van der Waals surface area (Å²) in [6, 6.07) is 1.91. The van der Waals surface area contributed by atoms with E-state index < -0.39 is 0 Å². The van der Waals surface area contributed by atoms with Crippen LogP contribution in [0.25, 0.3) is 11.5 Å². The number of aromatic amines is 1. The summed E-state index contributed by atoms with van der Waals surface area (Å²) >= 11 is 0. The third kappa shape index (κ3) is 3.29. The van der Waals surface area contributed by atoms with Crippen LogP contribution in [0.2, 0.25) is 0 Å². The lowest BCUT2D eigenvalue weighted by Crippen LogP contribution is -2.32. The first kappa shape index (κ1) is 14.8. The van der Waals surface area contributed by atoms with E-state index in [4.69, 9.17) is 24.3 Å². The molecule has 2 saturated heterocycles. The molecule has 4 rings (SSSR count). The molecule has 124 valence electrons. The summed E-state index contributed by atoms with van der Waals surface area (Å²) in [4.78, 5) is 4.77. The van der Waals surface area contributed by atoms with Gasteiger partial charge in [-0.15, -0.1) is 0 Å². The fourth-order valence-electron chi connectivity index (χ4n) is 3.03. The smallest absolute Gasteiger partial charge is 0.176 e. The number of hydrogen-bond donors (Lipinski definition) is 1. The van der Waals surface area contributed by atoms with Crippen molar-refractivity contribution >= 4 is 0 Å². The van der Waals surface area contributed by atoms with E-state index >= 15 is 0 Å². The highest BCUT2D eigenvalue weighted by atomic mass is 16.6. The molecule has 2 aromatic rings. The zero-order valence-electron chi connectivity index (χ0n) is 13.0. The molecule has 2 aromatic heterocycles. The fraction of sp³-hybridized carbons (Fsp3) is 0.667. The van der Waals surface area contributed by atoms with E-state index in [0.29, 0.717) is 32.3 Å². The van der Waals surface area contributed by atoms with Crippen molar-refractivity contribution in [2.45, 2.75) is 31.4 Å². The lowest BCUT2D eigenvalue weighted by Gasteiger charge is -2.23. The number of hydrogen-bond acceptors (Lipinski definition) is 6. The predicted molar refractivity (Wildman–Crippen MR) is 81.0 cm³/mol. The van der Waals surface area contributed by atoms with Crippen molar-refractivity contribution in [1.29, 1.82) is 0 Å². The van der Waals surface area contributed by atoms with Crippen molar-refractivity contribution in [1.82, 2.24) is 25.0 Å². The van der Waals surface area contributed by atoms with Crippen LogP contribution in [0.4, 0.5) is 0 Å². The van der Waals surface area contributed by atoms with Gasteiger partial charge in [-0.1, -0.05) is 0 Å². The molecule has 2 fully saturated rings. The van der Waals surface area contributed by atoms with Crippen molar-refractivity contribution in [2.75, 3.05) is 33.0 Å². The third-order valence-electron chi connectivity index (χ3n) is 4.28. The molecule has 2 aliphatic heterocycles. The molecule has 0 amide bonds. The van der Waals surface area contributed by atoms with Crippen LogP contribution in [0, 0.1) is 0 Å². The maximum atomic E-state index is 5.75. The lowest BCUT2D eigenvalue weighted by molar-refractivity contribution is -0.0945. The molecular weight excluding hydrogens is 298 g/mol. The SMILES string of the molecule is c1cc(-c2nc(C3CCOCC3)nn2C[C@H]2COCCO2)[nH]n1. The summed E-state index contributed by atoms with van der Waals surface area (Å²) in [5.74, 6) is 2.04. The van der Waals surface area contributed by atoms with Crippen LogP contribution in [0.3, 0.4) is 0 Å². The monoisotopic (exact) mass is 319 g/mol. The van der Waals surface area contributed by atoms with Crippen molar-refractivity contribution in [3.05, 3.63) is 18.1 Å². The molecule has 0 unspecified atom stereocenters. The Hall–Kier alpha value is -1.77. The van der Waals surface area contributed by atoms with Crippen LogP contribution in [-0.2, 0) is 20.8 Å². The highest BCUT2D eigenvalue weighted by molar-refractivity contribution is 5.48. The van der Waals surface area contributed by atoms with E-state index in [1.807, 2.05) is 10.7 Å². The molecule has 8 nitrogen and oxygen atoms in total. The number of ether oxygens (including phenoxy) is 3. The first-order valence-corrected chi connectivity index (χ1v) is 8.12. The minimum Gasteiger partial charge on any atom is -0.381 e. The first-order valence-electron chi connectivity index (χ1n) is 8.12. The van der Waals surface area contributed by atoms with Crippen LogP contribution < -0.4 is 0 Å². The Labute approximate surface area is 134 Å². The molecule has 0 saturated carbocycles. The average Bonchev–Trinajstić information content (AvgIpc) is 3.26. The molecular formula is C15H21N5O3. The Morgan fingerprint density at radius 1 is 1.17 bits per heavy atom. The summed E-state index contributed by atoms with van der Waals surface area (Å²) in [6.45, 7) is 4.07. The summed E-state index contributed by atoms with van der Waals surface area (Å²) in [6.07, 6.45) is 3.67. The largest absolute Gasteiger partial charge is 0.381 e. The van der Waals surface area contributed by atoms with Crippen LogP contribution in [0.15, 0.2) is 12.3 Å². The van der Waals surface area contributed by atoms with Gasteiger partial charge in [-0.25, -0.2) is 9.67 Å². The molecule has 0 aliphatic carbocycles. The number of rotatable bonds is 4. The minimum atomic E-state index is 0.00895. The van der Waals surface area contributed by atoms with Crippen LogP contribution >= 0.6 is 0 Å². The molecule has 0 bridgehead atoms. The minimum absolute atomic E-state index is 0.00895. The molecule has 4 heterocycles. The van der Waals surface area contributed by atoms with Crippen molar-refractivity contribution in [3.63, 3.8) is 0 Å². The number of aromatic nitrogens is 5. The average molecular weight is 319 g/mol. The summed E-state index contributed by atoms with van der Waals surface area (Å²) in [5, 5.41) is 11.8. The van der Waals surface area contributed by atoms with Crippen LogP contribution in [-0.4, -0.2) is 64.1 Å². The Bertz CT molecular complexity index is 615. The van der Waals surface area contributed by atoms with Gasteiger partial charge in [0.25, 0.3) is 0 Å². The maximum Gasteiger partial charge on any atom is 0.176 e. The van der Waals surface area contributed by atoms with Gasteiger partial charge in [-0.2, -0.15) is 10.2 Å². The van der Waals surface area contributed by atoms with E-state index in [9.17, 15) is 0 Å². The second-order valence-electron chi connectivity index (χ2n) is 5.90. The highest BCUT2D eigenvalue weighted by Crippen LogP contribution is 2.26. The summed E-state index contributed by atoms with van der Waals surface area (Å²) in [7, 11) is 0. The van der Waals surface area contributed by atoms with E-state index in [0.717, 1.165) is 43.4 Å². The van der Waals surface area contributed by atoms with E-state index in [1.54, 1.807) is 6.20 Å². The molecule has 0 radical (unpaired) electrons. The van der Waals surface area contributed by atoms with E-state index in [2.05, 4.69) is 10.2 Å². The predicted octanol–water partition coefficient (Wildman–Crippen LogP) is 0.978. The summed E-state index contributed by atoms with van der Waals surface area (Å²) < 4.78 is 18.6. The zero-order valence-corrected chi connectivity index (χ0v) is 13.0. The van der Waals surface area contributed by atoms with Gasteiger partial charge >= 0.3 is 0 Å². The van der Waals surface area contributed by atoms with Gasteiger partial charge in [0, 0.05) is 25.3 Å². The Balaban J connectivity index is 1.60. The fourth-order valence-corrected chi connectivity index (χ4v) is 3.03. The van der Waals surface area contributed by atoms with E-state index in [1.165, 1.54) is 0 Å². The Morgan fingerprint density at radius 2 is 2.09 bits per heavy atom. The van der Waals surface area contributed by atoms with Gasteiger partial charge in [0.1, 0.15) is 11.8 Å².